The van der Waals surface area contributed by atoms with Crippen LogP contribution in [0.4, 0.5) is 24.5 Å². The lowest BCUT2D eigenvalue weighted by Gasteiger charge is -2.15. The molecule has 2 aliphatic rings. The van der Waals surface area contributed by atoms with Crippen LogP contribution in [-0.2, 0) is 0 Å². The fourth-order valence-electron chi connectivity index (χ4n) is 5.74. The van der Waals surface area contributed by atoms with Crippen LogP contribution in [0.25, 0.3) is 53.1 Å². The maximum atomic E-state index is 14.8. The van der Waals surface area contributed by atoms with Gasteiger partial charge in [0, 0.05) is 5.57 Å². The van der Waals surface area contributed by atoms with Crippen LogP contribution in [0.3, 0.4) is 0 Å². The highest BCUT2D eigenvalue weighted by atomic mass is 19.4. The van der Waals surface area contributed by atoms with E-state index in [0.717, 1.165) is 0 Å². The summed E-state index contributed by atoms with van der Waals surface area (Å²) in [5, 5.41) is 39.3. The molecule has 0 bridgehead atoms. The summed E-state index contributed by atoms with van der Waals surface area (Å²) in [5.41, 5.74) is -2.90. The molecule has 0 N–H and O–H groups in total. The van der Waals surface area contributed by atoms with Gasteiger partial charge < -0.3 is 0 Å². The number of hydrogen-bond donors (Lipinski definition) is 0. The van der Waals surface area contributed by atoms with Crippen molar-refractivity contribution in [3.05, 3.63) is 150 Å². The van der Waals surface area contributed by atoms with Gasteiger partial charge in [0.2, 0.25) is 5.70 Å². The molecule has 0 spiro atoms. The monoisotopic (exact) mass is 612 g/mol. The molecule has 3 aromatic rings. The molecule has 2 aliphatic carbocycles. The Bertz CT molecular complexity index is 2420. The summed E-state index contributed by atoms with van der Waals surface area (Å²) in [7, 11) is 0. The van der Waals surface area contributed by atoms with E-state index in [1.165, 1.54) is 48.5 Å². The Balaban J connectivity index is 1.95. The minimum atomic E-state index is -5.13. The minimum absolute atomic E-state index is 0.0122. The summed E-state index contributed by atoms with van der Waals surface area (Å²) in [6.07, 6.45) is -5.13. The minimum Gasteiger partial charge on any atom is -0.239 e. The number of rotatable bonds is 2. The van der Waals surface area contributed by atoms with Gasteiger partial charge in [-0.05, 0) is 75.7 Å². The molecule has 0 fully saturated rings. The molecule has 0 saturated carbocycles. The summed E-state index contributed by atoms with van der Waals surface area (Å²) in [4.78, 5) is 13.7. The van der Waals surface area contributed by atoms with Crippen molar-refractivity contribution in [2.45, 2.75) is 13.1 Å². The highest BCUT2D eigenvalue weighted by Crippen LogP contribution is 2.55. The standard InChI is InChI=1S/C36H11F3N8/c1-18-31(29(16-42)21-9-23(44-2)11-24(10-21)45-3)27-12-25-26(13-28(27)34(18)46-4)32(33(30(25)17-43)36(37,38)39)35(47-5)22-7-19(14-40)6-20(8-22)15-41/h6-13H,1H3/b31-29+,35-32+. The molecule has 0 aromatic heterocycles. The Kier molecular flexibility index (Phi) is 7.49. The van der Waals surface area contributed by atoms with E-state index in [0.29, 0.717) is 5.57 Å². The predicted octanol–water partition coefficient (Wildman–Crippen LogP) is 9.27. The van der Waals surface area contributed by atoms with E-state index < -0.39 is 28.6 Å². The zero-order valence-corrected chi connectivity index (χ0v) is 23.8. The second-order valence-corrected chi connectivity index (χ2v) is 10.1. The smallest absolute Gasteiger partial charge is 0.239 e. The number of nitriles is 4. The van der Waals surface area contributed by atoms with Crippen molar-refractivity contribution in [1.82, 2.24) is 0 Å². The predicted molar refractivity (Wildman–Crippen MR) is 165 cm³/mol. The SMILES string of the molecule is [C-]#[N+]C1=C(C)/C(=C(/C#N)c2cc([N+]#[C-])cc([N+]#[C-])c2)c2cc3c(cc21)/C(=C(\[N+]#[C-])c1cc(C#N)cc(C#N)c1)C(C(F)(F)F)=C3C#N. The summed E-state index contributed by atoms with van der Waals surface area (Å²) in [5.74, 6) is 0. The Morgan fingerprint density at radius 3 is 1.70 bits per heavy atom. The molecule has 5 rings (SSSR count). The molecule has 216 valence electrons. The van der Waals surface area contributed by atoms with E-state index in [1.807, 2.05) is 12.1 Å². The topological polar surface area (TPSA) is 113 Å². The quantitative estimate of drug-likeness (QED) is 0.212. The van der Waals surface area contributed by atoms with Gasteiger partial charge in [0.25, 0.3) is 0 Å². The zero-order chi connectivity index (χ0) is 34.2. The van der Waals surface area contributed by atoms with Crippen LogP contribution >= 0.6 is 0 Å². The molecule has 47 heavy (non-hydrogen) atoms. The van der Waals surface area contributed by atoms with Gasteiger partial charge in [-0.15, -0.1) is 0 Å². The summed E-state index contributed by atoms with van der Waals surface area (Å²) < 4.78 is 44.5. The molecule has 8 nitrogen and oxygen atoms in total. The molecule has 0 radical (unpaired) electrons. The van der Waals surface area contributed by atoms with E-state index in [-0.39, 0.29) is 72.7 Å². The lowest BCUT2D eigenvalue weighted by Crippen LogP contribution is -2.13. The molecular weight excluding hydrogens is 601 g/mol. The summed E-state index contributed by atoms with van der Waals surface area (Å²) in [6, 6.07) is 17.6. The van der Waals surface area contributed by atoms with Gasteiger partial charge in [-0.3, -0.25) is 0 Å². The van der Waals surface area contributed by atoms with Gasteiger partial charge in [-0.2, -0.15) is 34.2 Å². The van der Waals surface area contributed by atoms with E-state index >= 15 is 0 Å². The molecule has 0 amide bonds. The van der Waals surface area contributed by atoms with Gasteiger partial charge in [0.1, 0.15) is 12.1 Å². The number of fused-ring (bicyclic) bond motifs is 2. The van der Waals surface area contributed by atoms with E-state index in [4.69, 9.17) is 26.3 Å². The first-order chi connectivity index (χ1) is 22.5. The number of nitrogens with zero attached hydrogens (tertiary/aromatic N) is 8. The van der Waals surface area contributed by atoms with Crippen LogP contribution < -0.4 is 0 Å². The normalized spacial score (nSPS) is 15.0. The van der Waals surface area contributed by atoms with E-state index in [1.54, 1.807) is 13.0 Å². The Morgan fingerprint density at radius 2 is 1.23 bits per heavy atom. The first kappa shape index (κ1) is 30.8. The molecule has 3 aromatic carbocycles. The van der Waals surface area contributed by atoms with Gasteiger partial charge in [0.15, 0.2) is 17.1 Å². The lowest BCUT2D eigenvalue weighted by molar-refractivity contribution is -0.0862. The Labute approximate surface area is 266 Å². The molecular formula is C36H11F3N8. The van der Waals surface area contributed by atoms with Crippen molar-refractivity contribution in [1.29, 1.82) is 21.0 Å². The number of benzene rings is 3. The van der Waals surface area contributed by atoms with Gasteiger partial charge >= 0.3 is 6.18 Å². The Hall–Kier alpha value is -7.67. The van der Waals surface area contributed by atoms with E-state index in [2.05, 4.69) is 25.4 Å². The fraction of sp³-hybridized carbons (Fsp3) is 0.0556. The first-order valence-electron chi connectivity index (χ1n) is 13.1. The third-order valence-electron chi connectivity index (χ3n) is 7.58. The molecule has 0 saturated heterocycles. The highest BCUT2D eigenvalue weighted by molar-refractivity contribution is 6.18. The van der Waals surface area contributed by atoms with Crippen LogP contribution in [0.2, 0.25) is 0 Å². The molecule has 0 atom stereocenters. The van der Waals surface area contributed by atoms with Crippen LogP contribution in [0.5, 0.6) is 0 Å². The molecule has 0 unspecified atom stereocenters. The van der Waals surface area contributed by atoms with Crippen LogP contribution in [0, 0.1) is 71.6 Å². The maximum Gasteiger partial charge on any atom is 0.417 e. The molecule has 0 heterocycles. The van der Waals surface area contributed by atoms with Crippen molar-refractivity contribution in [3.8, 4) is 24.3 Å². The molecule has 11 heteroatoms. The van der Waals surface area contributed by atoms with Crippen molar-refractivity contribution < 1.29 is 13.2 Å². The van der Waals surface area contributed by atoms with Gasteiger partial charge in [-0.1, -0.05) is 24.3 Å². The van der Waals surface area contributed by atoms with Crippen molar-refractivity contribution >= 4 is 45.1 Å². The average molecular weight is 613 g/mol. The number of alkyl halides is 3. The number of hydrogen-bond acceptors (Lipinski definition) is 4. The van der Waals surface area contributed by atoms with Crippen LogP contribution in [0.1, 0.15) is 51.4 Å². The van der Waals surface area contributed by atoms with Crippen molar-refractivity contribution in [3.63, 3.8) is 0 Å². The van der Waals surface area contributed by atoms with Crippen LogP contribution in [-0.4, -0.2) is 6.18 Å². The van der Waals surface area contributed by atoms with Gasteiger partial charge in [-0.25, -0.2) is 19.4 Å². The summed E-state index contributed by atoms with van der Waals surface area (Å²) >= 11 is 0. The van der Waals surface area contributed by atoms with E-state index in [9.17, 15) is 34.2 Å². The second-order valence-electron chi connectivity index (χ2n) is 10.1. The summed E-state index contributed by atoms with van der Waals surface area (Å²) in [6.45, 7) is 32.2. The number of halogens is 3. The zero-order valence-electron chi connectivity index (χ0n) is 23.8. The fourth-order valence-corrected chi connectivity index (χ4v) is 5.74. The van der Waals surface area contributed by atoms with Crippen molar-refractivity contribution in [2.24, 2.45) is 0 Å². The number of allylic oxidation sites excluding steroid dienone is 6. The maximum absolute atomic E-state index is 14.8. The first-order valence-corrected chi connectivity index (χ1v) is 13.1. The lowest BCUT2D eigenvalue weighted by atomic mass is 9.89. The third-order valence-corrected chi connectivity index (χ3v) is 7.58. The highest BCUT2D eigenvalue weighted by Gasteiger charge is 2.46. The largest absolute Gasteiger partial charge is 0.417 e. The molecule has 0 aliphatic heterocycles. The van der Waals surface area contributed by atoms with Crippen molar-refractivity contribution in [2.75, 3.05) is 0 Å². The third kappa shape index (κ3) is 4.83. The second kappa shape index (κ2) is 11.4. The Morgan fingerprint density at radius 1 is 0.660 bits per heavy atom. The van der Waals surface area contributed by atoms with Crippen LogP contribution in [0.15, 0.2) is 59.7 Å². The van der Waals surface area contributed by atoms with Gasteiger partial charge in [0.05, 0.1) is 66.3 Å². The average Bonchev–Trinajstić information content (AvgIpc) is 3.54.